The Morgan fingerprint density at radius 3 is 1.79 bits per heavy atom. The Labute approximate surface area is 233 Å². The molecule has 0 rings (SSSR count). The van der Waals surface area contributed by atoms with Crippen LogP contribution in [-0.2, 0) is 51.6 Å². The smallest absolute Gasteiger partial charge is 0.267 e. The van der Waals surface area contributed by atoms with Crippen LogP contribution in [0.2, 0.25) is 0 Å². The molecule has 2 atom stereocenters. The van der Waals surface area contributed by atoms with Gasteiger partial charge in [-0.2, -0.15) is 0 Å². The normalized spacial score (nSPS) is 13.3. The number of methoxy groups -OCH3 is 2. The number of carbonyl (C=O) groups excluding carboxylic acids is 2. The van der Waals surface area contributed by atoms with Gasteiger partial charge in [-0.3, -0.25) is 14.2 Å². The second kappa shape index (κ2) is 28.3. The van der Waals surface area contributed by atoms with Crippen molar-refractivity contribution in [2.75, 3.05) is 100 Å². The van der Waals surface area contributed by atoms with Gasteiger partial charge in [0.2, 0.25) is 11.8 Å². The van der Waals surface area contributed by atoms with Crippen molar-refractivity contribution in [1.29, 1.82) is 0 Å². The number of rotatable bonds is 28. The zero-order valence-electron chi connectivity index (χ0n) is 22.9. The predicted molar refractivity (Wildman–Crippen MR) is 142 cm³/mol. The summed E-state index contributed by atoms with van der Waals surface area (Å²) in [6, 6.07) is 0. The van der Waals surface area contributed by atoms with Gasteiger partial charge >= 0.3 is 0 Å². The topological polar surface area (TPSA) is 172 Å². The Hall–Kier alpha value is -1.19. The van der Waals surface area contributed by atoms with Crippen LogP contribution in [0.15, 0.2) is 0 Å². The van der Waals surface area contributed by atoms with Crippen LogP contribution in [-0.4, -0.2) is 118 Å². The van der Waals surface area contributed by atoms with E-state index in [1.807, 2.05) is 0 Å². The van der Waals surface area contributed by atoms with Gasteiger partial charge in [0, 0.05) is 60.5 Å². The standard InChI is InChI=1S/C23H47N2O12P.CH4/c1-30-13-15-35-20-21(36-17-14-31-2)19-34-12-6-10-25-23(27)8-4-7-22(26)24-9-5-11-33-16-18-37-38(28,29)32-3;/h21H,4-20H2,1-3H3,(H,24,26)(H,25,27)(H,28,29);1H4/p-1. The minimum absolute atomic E-state index is 0. The number of hydrogen-bond acceptors (Lipinski definition) is 12. The largest absolute Gasteiger partial charge is 0.756 e. The molecule has 0 aromatic rings. The summed E-state index contributed by atoms with van der Waals surface area (Å²) in [7, 11) is 0.0120. The zero-order valence-corrected chi connectivity index (χ0v) is 23.8. The average molecular weight is 590 g/mol. The Kier molecular flexibility index (Phi) is 29.0. The minimum Gasteiger partial charge on any atom is -0.756 e. The number of phosphoric acid groups is 1. The van der Waals surface area contributed by atoms with Crippen molar-refractivity contribution in [2.45, 2.75) is 45.6 Å². The molecule has 0 heterocycles. The highest BCUT2D eigenvalue weighted by atomic mass is 31.2. The van der Waals surface area contributed by atoms with Gasteiger partial charge in [-0.25, -0.2) is 0 Å². The summed E-state index contributed by atoms with van der Waals surface area (Å²) in [5, 5.41) is 5.56. The van der Waals surface area contributed by atoms with Gasteiger partial charge < -0.3 is 53.0 Å². The van der Waals surface area contributed by atoms with Crippen LogP contribution in [0.5, 0.6) is 0 Å². The highest BCUT2D eigenvalue weighted by Gasteiger charge is 2.10. The fourth-order valence-corrected chi connectivity index (χ4v) is 3.17. The maximum absolute atomic E-state index is 11.9. The summed E-state index contributed by atoms with van der Waals surface area (Å²) in [5.41, 5.74) is 0. The van der Waals surface area contributed by atoms with E-state index in [0.717, 1.165) is 7.11 Å². The fourth-order valence-electron chi connectivity index (χ4n) is 2.77. The molecule has 234 valence electrons. The monoisotopic (exact) mass is 589 g/mol. The molecule has 0 saturated heterocycles. The third-order valence-corrected chi connectivity index (χ3v) is 5.71. The van der Waals surface area contributed by atoms with Crippen molar-refractivity contribution in [3.63, 3.8) is 0 Å². The van der Waals surface area contributed by atoms with Gasteiger partial charge in [0.1, 0.15) is 6.10 Å². The number of nitrogens with one attached hydrogen (secondary N) is 2. The summed E-state index contributed by atoms with van der Waals surface area (Å²) >= 11 is 0. The average Bonchev–Trinajstić information content (AvgIpc) is 2.89. The molecule has 0 aliphatic carbocycles. The molecule has 0 aromatic heterocycles. The van der Waals surface area contributed by atoms with Gasteiger partial charge in [0.15, 0.2) is 0 Å². The first kappa shape index (κ1) is 40.0. The van der Waals surface area contributed by atoms with E-state index in [0.29, 0.717) is 85.2 Å². The molecule has 14 nitrogen and oxygen atoms in total. The number of phosphoric ester groups is 1. The van der Waals surface area contributed by atoms with Crippen molar-refractivity contribution in [2.24, 2.45) is 0 Å². The van der Waals surface area contributed by atoms with Crippen LogP contribution in [0.25, 0.3) is 0 Å². The molecule has 0 aliphatic heterocycles. The Bertz CT molecular complexity index is 630. The van der Waals surface area contributed by atoms with Crippen molar-refractivity contribution < 1.29 is 56.5 Å². The number of amides is 2. The van der Waals surface area contributed by atoms with Gasteiger partial charge in [0.25, 0.3) is 7.82 Å². The van der Waals surface area contributed by atoms with Crippen molar-refractivity contribution >= 4 is 19.6 Å². The molecular weight excluding hydrogens is 539 g/mol. The van der Waals surface area contributed by atoms with E-state index in [4.69, 9.17) is 28.4 Å². The fraction of sp³-hybridized carbons (Fsp3) is 0.917. The Morgan fingerprint density at radius 2 is 1.23 bits per heavy atom. The van der Waals surface area contributed by atoms with Crippen molar-refractivity contribution in [3.05, 3.63) is 0 Å². The van der Waals surface area contributed by atoms with Crippen LogP contribution in [0, 0.1) is 0 Å². The molecule has 0 radical (unpaired) electrons. The molecule has 0 fully saturated rings. The Balaban J connectivity index is 0. The summed E-state index contributed by atoms with van der Waals surface area (Å²) in [6.45, 7) is 4.36. The number of ether oxygens (including phenoxy) is 6. The maximum Gasteiger partial charge on any atom is 0.267 e. The van der Waals surface area contributed by atoms with E-state index >= 15 is 0 Å². The number of hydrogen-bond donors (Lipinski definition) is 2. The third kappa shape index (κ3) is 28.1. The summed E-state index contributed by atoms with van der Waals surface area (Å²) in [5.74, 6) is -0.257. The maximum atomic E-state index is 11.9. The summed E-state index contributed by atoms with van der Waals surface area (Å²) < 4.78 is 51.6. The molecule has 0 saturated carbocycles. The first-order valence-corrected chi connectivity index (χ1v) is 14.2. The molecule has 2 N–H and O–H groups in total. The quantitative estimate of drug-likeness (QED) is 0.0966. The first-order valence-electron chi connectivity index (χ1n) is 12.7. The molecule has 0 bridgehead atoms. The van der Waals surface area contributed by atoms with E-state index < -0.39 is 7.82 Å². The molecule has 0 aromatic carbocycles. The third-order valence-electron chi connectivity index (χ3n) is 4.76. The zero-order chi connectivity index (χ0) is 28.3. The lowest BCUT2D eigenvalue weighted by atomic mass is 10.2. The number of carbonyl (C=O) groups is 2. The van der Waals surface area contributed by atoms with Crippen LogP contribution in [0.1, 0.15) is 39.5 Å². The van der Waals surface area contributed by atoms with E-state index in [1.165, 1.54) is 0 Å². The van der Waals surface area contributed by atoms with Gasteiger partial charge in [0.05, 0.1) is 52.9 Å². The molecule has 2 amide bonds. The highest BCUT2D eigenvalue weighted by molar-refractivity contribution is 7.45. The minimum atomic E-state index is -4.23. The van der Waals surface area contributed by atoms with Crippen molar-refractivity contribution in [1.82, 2.24) is 10.6 Å². The van der Waals surface area contributed by atoms with E-state index in [9.17, 15) is 19.0 Å². The van der Waals surface area contributed by atoms with Crippen molar-refractivity contribution in [3.8, 4) is 0 Å². The molecular formula is C24H50N2O12P-. The van der Waals surface area contributed by atoms with Gasteiger partial charge in [-0.15, -0.1) is 0 Å². The lowest BCUT2D eigenvalue weighted by molar-refractivity contribution is -0.223. The van der Waals surface area contributed by atoms with Crippen LogP contribution >= 0.6 is 7.82 Å². The molecule has 39 heavy (non-hydrogen) atoms. The van der Waals surface area contributed by atoms with E-state index in [-0.39, 0.29) is 51.4 Å². The first-order chi connectivity index (χ1) is 18.3. The summed E-state index contributed by atoms with van der Waals surface area (Å²) in [4.78, 5) is 34.7. The van der Waals surface area contributed by atoms with E-state index in [1.54, 1.807) is 14.2 Å². The predicted octanol–water partition coefficient (Wildman–Crippen LogP) is 0.665. The second-order valence-electron chi connectivity index (χ2n) is 7.96. The SMILES string of the molecule is C.COCCOCC(COCCCNC(=O)CCCC(=O)NCCCOCCOP(=O)([O-])OC)OCCOC. The van der Waals surface area contributed by atoms with Gasteiger partial charge in [-0.05, 0) is 19.3 Å². The van der Waals surface area contributed by atoms with Gasteiger partial charge in [-0.1, -0.05) is 7.43 Å². The Morgan fingerprint density at radius 1 is 0.718 bits per heavy atom. The molecule has 0 aliphatic rings. The van der Waals surface area contributed by atoms with Crippen LogP contribution in [0.4, 0.5) is 0 Å². The van der Waals surface area contributed by atoms with E-state index in [2.05, 4.69) is 19.7 Å². The molecule has 0 spiro atoms. The molecule has 2 unspecified atom stereocenters. The molecule has 15 heteroatoms. The highest BCUT2D eigenvalue weighted by Crippen LogP contribution is 2.36. The lowest BCUT2D eigenvalue weighted by Crippen LogP contribution is -2.29. The van der Waals surface area contributed by atoms with Crippen LogP contribution in [0.3, 0.4) is 0 Å². The summed E-state index contributed by atoms with van der Waals surface area (Å²) in [6.07, 6.45) is 1.96. The second-order valence-corrected chi connectivity index (χ2v) is 9.48. The van der Waals surface area contributed by atoms with Crippen LogP contribution < -0.4 is 15.5 Å². The lowest BCUT2D eigenvalue weighted by Gasteiger charge is -2.19.